The standard InChI is InChI=1S/C23H20F3N3O3/c1-13-18(23(24,25)26)10-5-11-19(13)27-20(30)14-6-4-7-15(12-14)28-29-21(31)16-8-2-3-9-17(16)22(29)32/h2-7,10-12,16-17,28H,8-9H2,1H3,(H,27,30). The van der Waals surface area contributed by atoms with E-state index in [1.54, 1.807) is 12.1 Å². The molecule has 32 heavy (non-hydrogen) atoms. The topological polar surface area (TPSA) is 78.5 Å². The monoisotopic (exact) mass is 443 g/mol. The van der Waals surface area contributed by atoms with Crippen molar-refractivity contribution >= 4 is 29.1 Å². The number of anilines is 2. The van der Waals surface area contributed by atoms with E-state index in [2.05, 4.69) is 10.7 Å². The third kappa shape index (κ3) is 3.98. The average Bonchev–Trinajstić information content (AvgIpc) is 3.00. The van der Waals surface area contributed by atoms with Gasteiger partial charge in [-0.2, -0.15) is 18.2 Å². The number of imide groups is 1. The van der Waals surface area contributed by atoms with E-state index in [0.717, 1.165) is 11.1 Å². The number of rotatable bonds is 4. The molecule has 2 atom stereocenters. The quantitative estimate of drug-likeness (QED) is 0.537. The number of fused-ring (bicyclic) bond motifs is 1. The van der Waals surface area contributed by atoms with Crippen LogP contribution in [-0.2, 0) is 15.8 Å². The molecular weight excluding hydrogens is 423 g/mol. The fourth-order valence-corrected chi connectivity index (χ4v) is 4.04. The summed E-state index contributed by atoms with van der Waals surface area (Å²) < 4.78 is 39.4. The van der Waals surface area contributed by atoms with Gasteiger partial charge < -0.3 is 5.32 Å². The number of alkyl halides is 3. The molecule has 3 amide bonds. The van der Waals surface area contributed by atoms with Gasteiger partial charge in [0, 0.05) is 11.3 Å². The summed E-state index contributed by atoms with van der Waals surface area (Å²) in [5.41, 5.74) is 2.40. The Hall–Kier alpha value is -3.62. The van der Waals surface area contributed by atoms with Crippen molar-refractivity contribution in [3.63, 3.8) is 0 Å². The van der Waals surface area contributed by atoms with E-state index in [-0.39, 0.29) is 28.6 Å². The van der Waals surface area contributed by atoms with Crippen LogP contribution < -0.4 is 10.7 Å². The first-order chi connectivity index (χ1) is 15.2. The van der Waals surface area contributed by atoms with Gasteiger partial charge in [-0.15, -0.1) is 0 Å². The van der Waals surface area contributed by atoms with E-state index in [9.17, 15) is 27.6 Å². The van der Waals surface area contributed by atoms with Crippen LogP contribution in [0.25, 0.3) is 0 Å². The highest BCUT2D eigenvalue weighted by atomic mass is 19.4. The first-order valence-corrected chi connectivity index (χ1v) is 10.0. The lowest BCUT2D eigenvalue weighted by Crippen LogP contribution is -2.36. The normalized spacial score (nSPS) is 20.3. The van der Waals surface area contributed by atoms with E-state index in [1.807, 2.05) is 12.2 Å². The molecule has 9 heteroatoms. The van der Waals surface area contributed by atoms with Gasteiger partial charge in [-0.1, -0.05) is 24.3 Å². The summed E-state index contributed by atoms with van der Waals surface area (Å²) in [7, 11) is 0. The molecule has 1 heterocycles. The Kier molecular flexibility index (Phi) is 5.50. The first kappa shape index (κ1) is 21.6. The number of amides is 3. The number of allylic oxidation sites excluding steroid dienone is 2. The highest BCUT2D eigenvalue weighted by molar-refractivity contribution is 6.07. The molecule has 4 rings (SSSR count). The smallest absolute Gasteiger partial charge is 0.322 e. The highest BCUT2D eigenvalue weighted by Gasteiger charge is 2.47. The minimum Gasteiger partial charge on any atom is -0.322 e. The molecule has 0 saturated carbocycles. The minimum absolute atomic E-state index is 0.0460. The number of benzene rings is 2. The van der Waals surface area contributed by atoms with Gasteiger partial charge in [-0.25, -0.2) is 0 Å². The lowest BCUT2D eigenvalue weighted by Gasteiger charge is -2.18. The number of nitrogens with one attached hydrogen (secondary N) is 2. The Morgan fingerprint density at radius 1 is 1.00 bits per heavy atom. The van der Waals surface area contributed by atoms with E-state index >= 15 is 0 Å². The maximum atomic E-state index is 13.1. The van der Waals surface area contributed by atoms with E-state index in [1.165, 1.54) is 31.2 Å². The van der Waals surface area contributed by atoms with Crippen molar-refractivity contribution in [2.24, 2.45) is 11.8 Å². The summed E-state index contributed by atoms with van der Waals surface area (Å²) in [5.74, 6) is -2.05. The molecule has 0 bridgehead atoms. The molecule has 1 saturated heterocycles. The van der Waals surface area contributed by atoms with Crippen LogP contribution in [0.1, 0.15) is 34.3 Å². The number of carbonyl (C=O) groups excluding carboxylic acids is 3. The second-order valence-electron chi connectivity index (χ2n) is 7.79. The third-order valence-electron chi connectivity index (χ3n) is 5.76. The summed E-state index contributed by atoms with van der Waals surface area (Å²) in [4.78, 5) is 37.9. The summed E-state index contributed by atoms with van der Waals surface area (Å²) in [5, 5.41) is 3.48. The predicted octanol–water partition coefficient (Wildman–Crippen LogP) is 4.54. The molecule has 1 aliphatic carbocycles. The van der Waals surface area contributed by atoms with Crippen molar-refractivity contribution in [2.75, 3.05) is 10.7 Å². The molecule has 1 fully saturated rings. The average molecular weight is 443 g/mol. The van der Waals surface area contributed by atoms with Crippen LogP contribution in [0.4, 0.5) is 24.5 Å². The van der Waals surface area contributed by atoms with Crippen molar-refractivity contribution < 1.29 is 27.6 Å². The molecule has 0 radical (unpaired) electrons. The Morgan fingerprint density at radius 3 is 2.25 bits per heavy atom. The first-order valence-electron chi connectivity index (χ1n) is 10.0. The molecular formula is C23H20F3N3O3. The van der Waals surface area contributed by atoms with E-state index < -0.39 is 29.5 Å². The number of hydrazine groups is 1. The zero-order valence-corrected chi connectivity index (χ0v) is 17.1. The van der Waals surface area contributed by atoms with Gasteiger partial charge in [-0.05, 0) is 55.7 Å². The van der Waals surface area contributed by atoms with Gasteiger partial charge in [0.2, 0.25) is 0 Å². The van der Waals surface area contributed by atoms with Gasteiger partial charge in [0.25, 0.3) is 17.7 Å². The van der Waals surface area contributed by atoms with Crippen molar-refractivity contribution in [1.29, 1.82) is 0 Å². The fourth-order valence-electron chi connectivity index (χ4n) is 4.04. The molecule has 166 valence electrons. The maximum Gasteiger partial charge on any atom is 0.416 e. The van der Waals surface area contributed by atoms with Gasteiger partial charge >= 0.3 is 6.18 Å². The van der Waals surface area contributed by atoms with Gasteiger partial charge in [0.1, 0.15) is 0 Å². The highest BCUT2D eigenvalue weighted by Crippen LogP contribution is 2.36. The number of hydrogen-bond acceptors (Lipinski definition) is 4. The van der Waals surface area contributed by atoms with Crippen molar-refractivity contribution in [3.8, 4) is 0 Å². The van der Waals surface area contributed by atoms with Crippen molar-refractivity contribution in [1.82, 2.24) is 5.01 Å². The Labute approximate surface area is 182 Å². The number of nitrogens with zero attached hydrogens (tertiary/aromatic N) is 1. The Morgan fingerprint density at radius 2 is 1.62 bits per heavy atom. The predicted molar refractivity (Wildman–Crippen MR) is 111 cm³/mol. The molecule has 0 spiro atoms. The molecule has 0 aromatic heterocycles. The third-order valence-corrected chi connectivity index (χ3v) is 5.76. The molecule has 6 nitrogen and oxygen atoms in total. The second-order valence-corrected chi connectivity index (χ2v) is 7.79. The van der Waals surface area contributed by atoms with Crippen LogP contribution in [-0.4, -0.2) is 22.7 Å². The van der Waals surface area contributed by atoms with Gasteiger partial charge in [0.05, 0.1) is 23.1 Å². The number of halogens is 3. The lowest BCUT2D eigenvalue weighted by molar-refractivity contribution is -0.139. The summed E-state index contributed by atoms with van der Waals surface area (Å²) in [6.07, 6.45) is 0.252. The second kappa shape index (κ2) is 8.14. The van der Waals surface area contributed by atoms with Crippen LogP contribution in [0.5, 0.6) is 0 Å². The lowest BCUT2D eigenvalue weighted by atomic mass is 9.85. The molecule has 2 aromatic rings. The molecule has 1 aliphatic heterocycles. The van der Waals surface area contributed by atoms with Gasteiger partial charge in [-0.3, -0.25) is 19.8 Å². The van der Waals surface area contributed by atoms with Crippen LogP contribution in [0.2, 0.25) is 0 Å². The molecule has 2 N–H and O–H groups in total. The van der Waals surface area contributed by atoms with Gasteiger partial charge in [0.15, 0.2) is 0 Å². The zero-order valence-electron chi connectivity index (χ0n) is 17.1. The summed E-state index contributed by atoms with van der Waals surface area (Å²) in [6.45, 7) is 1.29. The minimum atomic E-state index is -4.53. The van der Waals surface area contributed by atoms with Crippen molar-refractivity contribution in [2.45, 2.75) is 25.9 Å². The zero-order chi connectivity index (χ0) is 23.0. The number of carbonyl (C=O) groups is 3. The number of hydrogen-bond donors (Lipinski definition) is 2. The van der Waals surface area contributed by atoms with Crippen LogP contribution >= 0.6 is 0 Å². The summed E-state index contributed by atoms with van der Waals surface area (Å²) in [6, 6.07) is 9.62. The summed E-state index contributed by atoms with van der Waals surface area (Å²) >= 11 is 0. The molecule has 2 aliphatic rings. The van der Waals surface area contributed by atoms with Crippen LogP contribution in [0, 0.1) is 18.8 Å². The Balaban J connectivity index is 1.51. The van der Waals surface area contributed by atoms with Crippen LogP contribution in [0.3, 0.4) is 0 Å². The molecule has 2 aromatic carbocycles. The van der Waals surface area contributed by atoms with E-state index in [4.69, 9.17) is 0 Å². The Bertz CT molecular complexity index is 1100. The maximum absolute atomic E-state index is 13.1. The van der Waals surface area contributed by atoms with E-state index in [0.29, 0.717) is 18.5 Å². The molecule has 2 unspecified atom stereocenters. The van der Waals surface area contributed by atoms with Crippen molar-refractivity contribution in [3.05, 3.63) is 71.3 Å². The fraction of sp³-hybridized carbons (Fsp3) is 0.261. The SMILES string of the molecule is Cc1c(NC(=O)c2cccc(NN3C(=O)C4CC=CCC4C3=O)c2)cccc1C(F)(F)F. The van der Waals surface area contributed by atoms with Crippen LogP contribution in [0.15, 0.2) is 54.6 Å². The largest absolute Gasteiger partial charge is 0.416 e.